The Bertz CT molecular complexity index is 636. The molecule has 1 atom stereocenters. The number of urea groups is 1. The van der Waals surface area contributed by atoms with Crippen molar-refractivity contribution in [3.05, 3.63) is 41.1 Å². The molecule has 1 heterocycles. The monoisotopic (exact) mass is 288 g/mol. The molecule has 0 aliphatic carbocycles. The van der Waals surface area contributed by atoms with Crippen molar-refractivity contribution in [2.45, 2.75) is 26.8 Å². The van der Waals surface area contributed by atoms with Crippen molar-refractivity contribution in [3.63, 3.8) is 0 Å². The molecule has 6 heteroatoms. The molecule has 112 valence electrons. The van der Waals surface area contributed by atoms with Gasteiger partial charge in [0.25, 0.3) is 0 Å². The largest absolute Gasteiger partial charge is 0.338 e. The van der Waals surface area contributed by atoms with E-state index in [1.165, 1.54) is 0 Å². The zero-order chi connectivity index (χ0) is 15.4. The van der Waals surface area contributed by atoms with Gasteiger partial charge in [0.2, 0.25) is 5.88 Å². The fraction of sp³-hybridized carbons (Fsp3) is 0.333. The lowest BCUT2D eigenvalue weighted by Crippen LogP contribution is -2.20. The van der Waals surface area contributed by atoms with Crippen LogP contribution < -0.4 is 16.0 Å². The highest BCUT2D eigenvalue weighted by atomic mass is 16.5. The molecule has 2 rings (SSSR count). The van der Waals surface area contributed by atoms with Gasteiger partial charge in [-0.05, 0) is 45.5 Å². The molecule has 0 aliphatic rings. The number of carbonyl (C=O) groups is 1. The Balaban J connectivity index is 2.04. The average molecular weight is 288 g/mol. The third kappa shape index (κ3) is 3.61. The first kappa shape index (κ1) is 15.1. The van der Waals surface area contributed by atoms with Crippen molar-refractivity contribution >= 4 is 17.6 Å². The maximum Gasteiger partial charge on any atom is 0.326 e. The summed E-state index contributed by atoms with van der Waals surface area (Å²) in [6.45, 7) is 5.72. The second-order valence-electron chi connectivity index (χ2n) is 4.94. The molecule has 0 fully saturated rings. The topological polar surface area (TPSA) is 79.2 Å². The molecule has 6 nitrogen and oxygen atoms in total. The Morgan fingerprint density at radius 2 is 2.05 bits per heavy atom. The highest BCUT2D eigenvalue weighted by molar-refractivity contribution is 5.99. The quantitative estimate of drug-likeness (QED) is 0.807. The fourth-order valence-electron chi connectivity index (χ4n) is 1.85. The first-order valence-corrected chi connectivity index (χ1v) is 6.79. The molecule has 0 radical (unpaired) electrons. The van der Waals surface area contributed by atoms with Gasteiger partial charge in [-0.25, -0.2) is 4.79 Å². The normalized spacial score (nSPS) is 12.0. The SMILES string of the molecule is CNC(C)c1cccc(NC(=O)Nc2onc(C)c2C)c1. The summed E-state index contributed by atoms with van der Waals surface area (Å²) >= 11 is 0. The van der Waals surface area contributed by atoms with Crippen molar-refractivity contribution in [3.8, 4) is 0 Å². The van der Waals surface area contributed by atoms with Crippen LogP contribution in [0.3, 0.4) is 0 Å². The molecular weight excluding hydrogens is 268 g/mol. The van der Waals surface area contributed by atoms with Crippen LogP contribution in [-0.2, 0) is 0 Å². The Morgan fingerprint density at radius 3 is 2.67 bits per heavy atom. The number of hydrogen-bond acceptors (Lipinski definition) is 4. The van der Waals surface area contributed by atoms with Crippen molar-refractivity contribution in [2.24, 2.45) is 0 Å². The van der Waals surface area contributed by atoms with Crippen LogP contribution in [0.25, 0.3) is 0 Å². The number of amides is 2. The zero-order valence-electron chi connectivity index (χ0n) is 12.7. The number of rotatable bonds is 4. The van der Waals surface area contributed by atoms with Crippen molar-refractivity contribution in [1.82, 2.24) is 10.5 Å². The number of aromatic nitrogens is 1. The number of hydrogen-bond donors (Lipinski definition) is 3. The molecule has 1 unspecified atom stereocenters. The van der Waals surface area contributed by atoms with Gasteiger partial charge < -0.3 is 15.2 Å². The van der Waals surface area contributed by atoms with E-state index < -0.39 is 0 Å². The van der Waals surface area contributed by atoms with Gasteiger partial charge in [0.1, 0.15) is 0 Å². The predicted molar refractivity (Wildman–Crippen MR) is 82.5 cm³/mol. The lowest BCUT2D eigenvalue weighted by atomic mass is 10.1. The molecule has 0 spiro atoms. The lowest BCUT2D eigenvalue weighted by Gasteiger charge is -2.12. The van der Waals surface area contributed by atoms with E-state index >= 15 is 0 Å². The van der Waals surface area contributed by atoms with Crippen LogP contribution in [0.1, 0.15) is 29.8 Å². The summed E-state index contributed by atoms with van der Waals surface area (Å²) in [5.41, 5.74) is 3.40. The van der Waals surface area contributed by atoms with Gasteiger partial charge in [-0.15, -0.1) is 0 Å². The molecule has 1 aromatic carbocycles. The molecule has 1 aromatic heterocycles. The predicted octanol–water partition coefficient (Wildman–Crippen LogP) is 3.22. The molecule has 0 bridgehead atoms. The molecule has 0 saturated carbocycles. The molecule has 0 saturated heterocycles. The second kappa shape index (κ2) is 6.41. The standard InChI is InChI=1S/C15H20N4O2/c1-9-10(2)19-21-14(9)18-15(20)17-13-7-5-6-12(8-13)11(3)16-4/h5-8,11,16H,1-4H3,(H2,17,18,20). The summed E-state index contributed by atoms with van der Waals surface area (Å²) in [5.74, 6) is 0.366. The van der Waals surface area contributed by atoms with E-state index in [2.05, 4.69) is 28.0 Å². The Labute approximate surface area is 123 Å². The molecular formula is C15H20N4O2. The van der Waals surface area contributed by atoms with Crippen LogP contribution in [0.5, 0.6) is 0 Å². The molecule has 21 heavy (non-hydrogen) atoms. The smallest absolute Gasteiger partial charge is 0.326 e. The van der Waals surface area contributed by atoms with E-state index in [0.29, 0.717) is 5.88 Å². The van der Waals surface area contributed by atoms with E-state index in [0.717, 1.165) is 22.5 Å². The summed E-state index contributed by atoms with van der Waals surface area (Å²) < 4.78 is 5.05. The number of nitrogens with zero attached hydrogens (tertiary/aromatic N) is 1. The van der Waals surface area contributed by atoms with Gasteiger partial charge in [0, 0.05) is 17.3 Å². The van der Waals surface area contributed by atoms with E-state index in [-0.39, 0.29) is 12.1 Å². The number of anilines is 2. The van der Waals surface area contributed by atoms with Gasteiger partial charge in [0.05, 0.1) is 5.69 Å². The van der Waals surface area contributed by atoms with E-state index in [1.807, 2.05) is 45.2 Å². The number of carbonyl (C=O) groups excluding carboxylic acids is 1. The summed E-state index contributed by atoms with van der Waals surface area (Å²) in [6.07, 6.45) is 0. The van der Waals surface area contributed by atoms with Crippen LogP contribution in [0, 0.1) is 13.8 Å². The van der Waals surface area contributed by atoms with Gasteiger partial charge in [-0.3, -0.25) is 5.32 Å². The summed E-state index contributed by atoms with van der Waals surface area (Å²) in [7, 11) is 1.90. The Hall–Kier alpha value is -2.34. The highest BCUT2D eigenvalue weighted by Gasteiger charge is 2.12. The van der Waals surface area contributed by atoms with Crippen LogP contribution in [0.2, 0.25) is 0 Å². The second-order valence-corrected chi connectivity index (χ2v) is 4.94. The van der Waals surface area contributed by atoms with Crippen molar-refractivity contribution in [2.75, 3.05) is 17.7 Å². The van der Waals surface area contributed by atoms with Gasteiger partial charge in [-0.2, -0.15) is 0 Å². The first-order valence-electron chi connectivity index (χ1n) is 6.79. The molecule has 0 aliphatic heterocycles. The zero-order valence-corrected chi connectivity index (χ0v) is 12.7. The van der Waals surface area contributed by atoms with E-state index in [1.54, 1.807) is 0 Å². The van der Waals surface area contributed by atoms with Gasteiger partial charge in [0.15, 0.2) is 0 Å². The maximum atomic E-state index is 12.0. The Kier molecular flexibility index (Phi) is 4.59. The van der Waals surface area contributed by atoms with Crippen LogP contribution >= 0.6 is 0 Å². The van der Waals surface area contributed by atoms with E-state index in [4.69, 9.17) is 4.52 Å². The van der Waals surface area contributed by atoms with E-state index in [9.17, 15) is 4.79 Å². The van der Waals surface area contributed by atoms with Gasteiger partial charge >= 0.3 is 6.03 Å². The minimum absolute atomic E-state index is 0.217. The van der Waals surface area contributed by atoms with Crippen LogP contribution in [-0.4, -0.2) is 18.2 Å². The van der Waals surface area contributed by atoms with Crippen LogP contribution in [0.4, 0.5) is 16.4 Å². The molecule has 3 N–H and O–H groups in total. The summed E-state index contributed by atoms with van der Waals surface area (Å²) in [4.78, 5) is 12.0. The molecule has 2 aromatic rings. The van der Waals surface area contributed by atoms with Gasteiger partial charge in [-0.1, -0.05) is 17.3 Å². The highest BCUT2D eigenvalue weighted by Crippen LogP contribution is 2.19. The van der Waals surface area contributed by atoms with Crippen LogP contribution in [0.15, 0.2) is 28.8 Å². The number of aryl methyl sites for hydroxylation is 1. The van der Waals surface area contributed by atoms with Crippen molar-refractivity contribution in [1.29, 1.82) is 0 Å². The fourth-order valence-corrected chi connectivity index (χ4v) is 1.85. The first-order chi connectivity index (χ1) is 10.0. The minimum atomic E-state index is -0.358. The third-order valence-corrected chi connectivity index (χ3v) is 3.46. The average Bonchev–Trinajstić information content (AvgIpc) is 2.78. The molecule has 2 amide bonds. The summed E-state index contributed by atoms with van der Waals surface area (Å²) in [6, 6.07) is 7.54. The van der Waals surface area contributed by atoms with Crippen molar-refractivity contribution < 1.29 is 9.32 Å². The minimum Gasteiger partial charge on any atom is -0.338 e. The number of nitrogens with one attached hydrogen (secondary N) is 3. The Morgan fingerprint density at radius 1 is 1.29 bits per heavy atom. The lowest BCUT2D eigenvalue weighted by molar-refractivity contribution is 0.261. The number of benzene rings is 1. The third-order valence-electron chi connectivity index (χ3n) is 3.46. The maximum absolute atomic E-state index is 12.0. The summed E-state index contributed by atoms with van der Waals surface area (Å²) in [5, 5.41) is 12.4.